The Morgan fingerprint density at radius 2 is 1.97 bits per heavy atom. The Balaban J connectivity index is 1.30. The number of likely N-dealkylation sites (tertiary alicyclic amines) is 1. The molecule has 29 heavy (non-hydrogen) atoms. The van der Waals surface area contributed by atoms with Crippen LogP contribution in [0.2, 0.25) is 0 Å². The molecule has 1 N–H and O–H groups in total. The van der Waals surface area contributed by atoms with Gasteiger partial charge in [0.2, 0.25) is 0 Å². The smallest absolute Gasteiger partial charge is 0.329 e. The van der Waals surface area contributed by atoms with E-state index in [0.717, 1.165) is 57.3 Å². The average Bonchev–Trinajstić information content (AvgIpc) is 3.33. The summed E-state index contributed by atoms with van der Waals surface area (Å²) < 4.78 is 5.48. The summed E-state index contributed by atoms with van der Waals surface area (Å²) in [7, 11) is 0. The Hall–Kier alpha value is -2.38. The van der Waals surface area contributed by atoms with Crippen molar-refractivity contribution in [2.45, 2.75) is 32.4 Å². The van der Waals surface area contributed by atoms with Crippen molar-refractivity contribution in [2.75, 3.05) is 33.0 Å². The van der Waals surface area contributed by atoms with Gasteiger partial charge in [-0.15, -0.1) is 0 Å². The largest absolute Gasteiger partial charge is 0.381 e. The van der Waals surface area contributed by atoms with E-state index in [1.54, 1.807) is 4.90 Å². The van der Waals surface area contributed by atoms with E-state index in [2.05, 4.69) is 58.6 Å². The monoisotopic (exact) mass is 395 g/mol. The van der Waals surface area contributed by atoms with Crippen molar-refractivity contribution < 1.29 is 9.53 Å². The Morgan fingerprint density at radius 3 is 2.76 bits per heavy atom. The number of rotatable bonds is 4. The van der Waals surface area contributed by atoms with E-state index >= 15 is 0 Å². The number of amidine groups is 1. The Kier molecular flexibility index (Phi) is 5.01. The average molecular weight is 396 g/mol. The number of urea groups is 1. The van der Waals surface area contributed by atoms with Crippen LogP contribution in [-0.2, 0) is 11.3 Å². The number of hydrogen-bond acceptors (Lipinski definition) is 5. The highest BCUT2D eigenvalue weighted by atomic mass is 16.5. The minimum Gasteiger partial charge on any atom is -0.381 e. The molecule has 2 amide bonds. The lowest BCUT2D eigenvalue weighted by atomic mass is 9.96. The first-order valence-electron chi connectivity index (χ1n) is 10.7. The number of carbonyl (C=O) groups is 1. The predicted octanol–water partition coefficient (Wildman–Crippen LogP) is 2.43. The predicted molar refractivity (Wildman–Crippen MR) is 111 cm³/mol. The van der Waals surface area contributed by atoms with Crippen molar-refractivity contribution in [3.8, 4) is 0 Å². The first kappa shape index (κ1) is 18.6. The summed E-state index contributed by atoms with van der Waals surface area (Å²) >= 11 is 0. The normalized spacial score (nSPS) is 28.2. The Bertz CT molecular complexity index is 818. The van der Waals surface area contributed by atoms with Gasteiger partial charge in [0.05, 0.1) is 0 Å². The summed E-state index contributed by atoms with van der Waals surface area (Å²) in [6.45, 7) is 7.31. The zero-order valence-corrected chi connectivity index (χ0v) is 17.0. The molecule has 4 aliphatic heterocycles. The van der Waals surface area contributed by atoms with E-state index < -0.39 is 0 Å². The van der Waals surface area contributed by atoms with E-state index in [1.807, 2.05) is 0 Å². The molecule has 5 rings (SSSR count). The van der Waals surface area contributed by atoms with E-state index in [1.165, 1.54) is 5.56 Å². The minimum atomic E-state index is -0.0514. The van der Waals surface area contributed by atoms with Gasteiger partial charge in [-0.2, -0.15) is 0 Å². The molecule has 0 aliphatic carbocycles. The number of fused-ring (bicyclic) bond motifs is 1. The zero-order valence-electron chi connectivity index (χ0n) is 17.0. The van der Waals surface area contributed by atoms with Crippen LogP contribution in [0, 0.1) is 11.8 Å². The van der Waals surface area contributed by atoms with Gasteiger partial charge in [-0.25, -0.2) is 9.79 Å². The van der Waals surface area contributed by atoms with Crippen molar-refractivity contribution in [2.24, 2.45) is 16.8 Å². The molecule has 0 spiro atoms. The van der Waals surface area contributed by atoms with Gasteiger partial charge in [0.15, 0.2) is 5.82 Å². The third kappa shape index (κ3) is 3.76. The number of nitrogens with one attached hydrogen (secondary N) is 1. The second kappa shape index (κ2) is 7.80. The molecule has 0 bridgehead atoms. The number of aliphatic imine (C=N–C) groups is 1. The lowest BCUT2D eigenvalue weighted by Gasteiger charge is -2.32. The molecule has 154 valence electrons. The highest BCUT2D eigenvalue weighted by molar-refractivity contribution is 6.02. The van der Waals surface area contributed by atoms with E-state index in [9.17, 15) is 4.79 Å². The van der Waals surface area contributed by atoms with Crippen molar-refractivity contribution in [3.05, 3.63) is 47.9 Å². The Morgan fingerprint density at radius 1 is 1.17 bits per heavy atom. The summed E-state index contributed by atoms with van der Waals surface area (Å²) in [4.78, 5) is 24.1. The van der Waals surface area contributed by atoms with Crippen LogP contribution in [0.15, 0.2) is 47.3 Å². The molecule has 7 nitrogen and oxygen atoms in total. The van der Waals surface area contributed by atoms with Gasteiger partial charge in [-0.1, -0.05) is 37.3 Å². The molecule has 0 radical (unpaired) electrons. The summed E-state index contributed by atoms with van der Waals surface area (Å²) in [6, 6.07) is 10.9. The highest BCUT2D eigenvalue weighted by Crippen LogP contribution is 2.30. The molecule has 2 fully saturated rings. The molecule has 4 heterocycles. The summed E-state index contributed by atoms with van der Waals surface area (Å²) in [5.41, 5.74) is 1.33. The third-order valence-corrected chi connectivity index (χ3v) is 6.53. The van der Waals surface area contributed by atoms with E-state index in [0.29, 0.717) is 18.6 Å². The van der Waals surface area contributed by atoms with Crippen molar-refractivity contribution >= 4 is 11.9 Å². The lowest BCUT2D eigenvalue weighted by Crippen LogP contribution is -2.50. The number of amides is 2. The number of hydrogen-bond donors (Lipinski definition) is 1. The molecule has 1 aromatic carbocycles. The van der Waals surface area contributed by atoms with Crippen molar-refractivity contribution in [3.63, 3.8) is 0 Å². The fraction of sp³-hybridized carbons (Fsp3) is 0.545. The SMILES string of the molecule is C[C@H]1CN(Cc2ccccc2)C[C@@H]1C1=NC2=CN(C3CCOCC3)CN2C(=O)N1. The van der Waals surface area contributed by atoms with Crippen LogP contribution < -0.4 is 5.32 Å². The van der Waals surface area contributed by atoms with Crippen LogP contribution >= 0.6 is 0 Å². The van der Waals surface area contributed by atoms with Crippen LogP contribution in [-0.4, -0.2) is 65.6 Å². The van der Waals surface area contributed by atoms with E-state index in [4.69, 9.17) is 9.73 Å². The number of benzene rings is 1. The fourth-order valence-electron chi connectivity index (χ4n) is 4.89. The zero-order chi connectivity index (χ0) is 19.8. The molecule has 7 heteroatoms. The second-order valence-corrected chi connectivity index (χ2v) is 8.61. The molecule has 4 aliphatic rings. The summed E-state index contributed by atoms with van der Waals surface area (Å²) in [5, 5.41) is 3.09. The van der Waals surface area contributed by atoms with Crippen LogP contribution in [0.4, 0.5) is 4.79 Å². The molecule has 2 atom stereocenters. The van der Waals surface area contributed by atoms with E-state index in [-0.39, 0.29) is 11.9 Å². The standard InChI is InChI=1S/C22H29N5O2/c1-16-11-25(12-17-5-3-2-4-6-17)13-19(16)21-23-20-14-26(15-27(20)22(28)24-21)18-7-9-29-10-8-18/h2-6,14,16,18-19H,7-13,15H2,1H3,(H,23,24,28)/t16-,19-/m0/s1. The second-order valence-electron chi connectivity index (χ2n) is 8.61. The van der Waals surface area contributed by atoms with Crippen molar-refractivity contribution in [1.82, 2.24) is 20.0 Å². The maximum Gasteiger partial charge on any atom is 0.329 e. The molecule has 0 aromatic heterocycles. The molecule has 0 saturated carbocycles. The topological polar surface area (TPSA) is 60.4 Å². The lowest BCUT2D eigenvalue weighted by molar-refractivity contribution is 0.0459. The first-order chi connectivity index (χ1) is 14.2. The maximum atomic E-state index is 12.8. The minimum absolute atomic E-state index is 0.0514. The molecule has 0 unspecified atom stereocenters. The third-order valence-electron chi connectivity index (χ3n) is 6.53. The molecule has 2 saturated heterocycles. The molecular formula is C22H29N5O2. The highest BCUT2D eigenvalue weighted by Gasteiger charge is 2.39. The summed E-state index contributed by atoms with van der Waals surface area (Å²) in [6.07, 6.45) is 4.07. The van der Waals surface area contributed by atoms with Crippen molar-refractivity contribution in [1.29, 1.82) is 0 Å². The number of carbonyl (C=O) groups excluding carboxylic acids is 1. The first-order valence-corrected chi connectivity index (χ1v) is 10.7. The maximum absolute atomic E-state index is 12.8. The van der Waals surface area contributed by atoms with Gasteiger partial charge in [0, 0.05) is 51.0 Å². The van der Waals surface area contributed by atoms with Crippen LogP contribution in [0.25, 0.3) is 0 Å². The number of nitrogens with zero attached hydrogens (tertiary/aromatic N) is 4. The fourth-order valence-corrected chi connectivity index (χ4v) is 4.89. The van der Waals surface area contributed by atoms with Crippen LogP contribution in [0.1, 0.15) is 25.3 Å². The van der Waals surface area contributed by atoms with Gasteiger partial charge in [-0.05, 0) is 24.3 Å². The van der Waals surface area contributed by atoms with Gasteiger partial charge in [-0.3, -0.25) is 15.1 Å². The van der Waals surface area contributed by atoms with Gasteiger partial charge in [0.1, 0.15) is 12.5 Å². The van der Waals surface area contributed by atoms with Crippen LogP contribution in [0.3, 0.4) is 0 Å². The number of ether oxygens (including phenoxy) is 1. The molecule has 1 aromatic rings. The summed E-state index contributed by atoms with van der Waals surface area (Å²) in [5.74, 6) is 2.32. The molecular weight excluding hydrogens is 366 g/mol. The van der Waals surface area contributed by atoms with Gasteiger partial charge >= 0.3 is 6.03 Å². The van der Waals surface area contributed by atoms with Gasteiger partial charge in [0.25, 0.3) is 0 Å². The van der Waals surface area contributed by atoms with Crippen LogP contribution in [0.5, 0.6) is 0 Å². The van der Waals surface area contributed by atoms with Gasteiger partial charge < -0.3 is 9.64 Å². The Labute approximate surface area is 172 Å². The quantitative estimate of drug-likeness (QED) is 0.851.